The molecular formula is C16H21F3N2O2. The van der Waals surface area contributed by atoms with Crippen LogP contribution in [0.15, 0.2) is 24.3 Å². The lowest BCUT2D eigenvalue weighted by molar-refractivity contribution is -0.191. The van der Waals surface area contributed by atoms with Gasteiger partial charge in [0.15, 0.2) is 0 Å². The molecule has 1 aliphatic rings. The lowest BCUT2D eigenvalue weighted by Crippen LogP contribution is -2.43. The zero-order valence-electron chi connectivity index (χ0n) is 13.6. The topological polar surface area (TPSA) is 41.6 Å². The predicted molar refractivity (Wildman–Crippen MR) is 79.6 cm³/mol. The number of amides is 1. The SMILES string of the molecule is CC(C)Oc1ccc(C(N2CC(C)(C)C(=O)N2)C(F)(F)F)cc1. The van der Waals surface area contributed by atoms with Gasteiger partial charge in [0.05, 0.1) is 11.5 Å². The first-order valence-electron chi connectivity index (χ1n) is 7.42. The van der Waals surface area contributed by atoms with E-state index in [1.165, 1.54) is 24.3 Å². The third-order valence-electron chi connectivity index (χ3n) is 3.61. The number of hydrazine groups is 1. The van der Waals surface area contributed by atoms with E-state index >= 15 is 0 Å². The van der Waals surface area contributed by atoms with Crippen LogP contribution in [0.4, 0.5) is 13.2 Å². The smallest absolute Gasteiger partial charge is 0.409 e. The molecule has 0 saturated carbocycles. The number of ether oxygens (including phenoxy) is 1. The first-order valence-corrected chi connectivity index (χ1v) is 7.42. The van der Waals surface area contributed by atoms with Crippen molar-refractivity contribution in [3.63, 3.8) is 0 Å². The van der Waals surface area contributed by atoms with Crippen LogP contribution in [0.25, 0.3) is 0 Å². The second-order valence-corrected chi connectivity index (χ2v) is 6.63. The second-order valence-electron chi connectivity index (χ2n) is 6.63. The second kappa shape index (κ2) is 6.03. The van der Waals surface area contributed by atoms with Crippen LogP contribution in [0, 0.1) is 5.41 Å². The molecule has 1 aromatic carbocycles. The van der Waals surface area contributed by atoms with Gasteiger partial charge in [0.2, 0.25) is 5.91 Å². The van der Waals surface area contributed by atoms with Crippen LogP contribution in [0.1, 0.15) is 39.3 Å². The van der Waals surface area contributed by atoms with Crippen molar-refractivity contribution in [3.05, 3.63) is 29.8 Å². The summed E-state index contributed by atoms with van der Waals surface area (Å²) in [6.07, 6.45) is -4.56. The molecule has 0 aromatic heterocycles. The minimum atomic E-state index is -4.51. The molecule has 0 bridgehead atoms. The summed E-state index contributed by atoms with van der Waals surface area (Å²) in [6, 6.07) is 3.90. The summed E-state index contributed by atoms with van der Waals surface area (Å²) in [6.45, 7) is 6.91. The molecule has 1 N–H and O–H groups in total. The van der Waals surface area contributed by atoms with E-state index in [2.05, 4.69) is 5.43 Å². The van der Waals surface area contributed by atoms with Gasteiger partial charge in [0, 0.05) is 6.54 Å². The monoisotopic (exact) mass is 330 g/mol. The number of rotatable bonds is 4. The lowest BCUT2D eigenvalue weighted by Gasteiger charge is -2.30. The van der Waals surface area contributed by atoms with Gasteiger partial charge in [-0.2, -0.15) is 13.2 Å². The van der Waals surface area contributed by atoms with Crippen LogP contribution in [-0.2, 0) is 4.79 Å². The average Bonchev–Trinajstić information content (AvgIpc) is 2.63. The number of alkyl halides is 3. The van der Waals surface area contributed by atoms with Gasteiger partial charge in [-0.1, -0.05) is 12.1 Å². The minimum absolute atomic E-state index is 0.0136. The van der Waals surface area contributed by atoms with Crippen molar-refractivity contribution in [3.8, 4) is 5.75 Å². The average molecular weight is 330 g/mol. The van der Waals surface area contributed by atoms with Crippen molar-refractivity contribution in [2.45, 2.75) is 46.0 Å². The van der Waals surface area contributed by atoms with Crippen molar-refractivity contribution < 1.29 is 22.7 Å². The highest BCUT2D eigenvalue weighted by Crippen LogP contribution is 2.40. The summed E-state index contributed by atoms with van der Waals surface area (Å²) in [5.41, 5.74) is 1.54. The molecule has 23 heavy (non-hydrogen) atoms. The van der Waals surface area contributed by atoms with Crippen molar-refractivity contribution in [1.29, 1.82) is 0 Å². The Hall–Kier alpha value is -1.76. The van der Waals surface area contributed by atoms with Crippen LogP contribution in [0.2, 0.25) is 0 Å². The molecule has 1 atom stereocenters. The van der Waals surface area contributed by atoms with Crippen molar-refractivity contribution in [1.82, 2.24) is 10.4 Å². The number of carbonyl (C=O) groups excluding carboxylic acids is 1. The molecule has 4 nitrogen and oxygen atoms in total. The molecule has 1 aromatic rings. The van der Waals surface area contributed by atoms with Gasteiger partial charge < -0.3 is 4.74 Å². The number of nitrogens with zero attached hydrogens (tertiary/aromatic N) is 1. The van der Waals surface area contributed by atoms with Gasteiger partial charge >= 0.3 is 6.18 Å². The Labute approximate surface area is 133 Å². The van der Waals surface area contributed by atoms with E-state index in [4.69, 9.17) is 4.74 Å². The predicted octanol–water partition coefficient (Wildman–Crippen LogP) is 3.45. The first-order chi connectivity index (χ1) is 10.5. The Morgan fingerprint density at radius 1 is 1.22 bits per heavy atom. The van der Waals surface area contributed by atoms with E-state index < -0.39 is 23.5 Å². The molecule has 7 heteroatoms. The van der Waals surface area contributed by atoms with Gasteiger partial charge in [0.1, 0.15) is 11.8 Å². The standard InChI is InChI=1S/C16H21F3N2O2/c1-10(2)23-12-7-5-11(6-8-12)13(16(17,18)19)21-9-15(3,4)14(22)20-21/h5-8,10,13H,9H2,1-4H3,(H,20,22). The highest BCUT2D eigenvalue weighted by Gasteiger charge is 2.51. The van der Waals surface area contributed by atoms with E-state index in [0.29, 0.717) is 5.75 Å². The molecule has 128 valence electrons. The highest BCUT2D eigenvalue weighted by molar-refractivity contribution is 5.83. The van der Waals surface area contributed by atoms with Gasteiger partial charge in [-0.15, -0.1) is 0 Å². The normalized spacial score (nSPS) is 19.7. The zero-order chi connectivity index (χ0) is 17.4. The number of hydrogen-bond donors (Lipinski definition) is 1. The fourth-order valence-corrected chi connectivity index (χ4v) is 2.52. The molecule has 1 saturated heterocycles. The molecule has 1 fully saturated rings. The zero-order valence-corrected chi connectivity index (χ0v) is 13.6. The van der Waals surface area contributed by atoms with E-state index in [1.54, 1.807) is 13.8 Å². The van der Waals surface area contributed by atoms with Gasteiger partial charge in [-0.25, -0.2) is 5.01 Å². The first kappa shape index (κ1) is 17.6. The van der Waals surface area contributed by atoms with Crippen molar-refractivity contribution >= 4 is 5.91 Å². The highest BCUT2D eigenvalue weighted by atomic mass is 19.4. The molecule has 1 heterocycles. The van der Waals surface area contributed by atoms with Crippen LogP contribution >= 0.6 is 0 Å². The Balaban J connectivity index is 2.28. The van der Waals surface area contributed by atoms with Crippen LogP contribution < -0.4 is 10.2 Å². The van der Waals surface area contributed by atoms with Gasteiger partial charge in [-0.3, -0.25) is 10.2 Å². The fraction of sp³-hybridized carbons (Fsp3) is 0.562. The van der Waals surface area contributed by atoms with Crippen LogP contribution in [-0.4, -0.2) is 29.7 Å². The molecule has 1 aliphatic heterocycles. The summed E-state index contributed by atoms with van der Waals surface area (Å²) in [4.78, 5) is 11.8. The van der Waals surface area contributed by atoms with Gasteiger partial charge in [0.25, 0.3) is 0 Å². The third-order valence-corrected chi connectivity index (χ3v) is 3.61. The maximum Gasteiger partial charge on any atom is 0.409 e. The van der Waals surface area contributed by atoms with E-state index in [0.717, 1.165) is 5.01 Å². The molecule has 1 amide bonds. The number of halogens is 3. The number of hydrogen-bond acceptors (Lipinski definition) is 3. The molecule has 2 rings (SSSR count). The van der Waals surface area contributed by atoms with Crippen molar-refractivity contribution in [2.24, 2.45) is 5.41 Å². The van der Waals surface area contributed by atoms with Crippen LogP contribution in [0.3, 0.4) is 0 Å². The Morgan fingerprint density at radius 2 is 1.78 bits per heavy atom. The van der Waals surface area contributed by atoms with Crippen LogP contribution in [0.5, 0.6) is 5.75 Å². The van der Waals surface area contributed by atoms with E-state index in [-0.39, 0.29) is 18.2 Å². The summed E-state index contributed by atoms with van der Waals surface area (Å²) in [5.74, 6) is 0.0990. The Bertz CT molecular complexity index is 568. The quantitative estimate of drug-likeness (QED) is 0.919. The van der Waals surface area contributed by atoms with E-state index in [1.807, 2.05) is 13.8 Å². The molecule has 0 aliphatic carbocycles. The summed E-state index contributed by atoms with van der Waals surface area (Å²) in [7, 11) is 0. The number of nitrogens with one attached hydrogen (secondary N) is 1. The van der Waals surface area contributed by atoms with E-state index in [9.17, 15) is 18.0 Å². The Morgan fingerprint density at radius 3 is 2.17 bits per heavy atom. The lowest BCUT2D eigenvalue weighted by atomic mass is 9.93. The Kier molecular flexibility index (Phi) is 4.61. The summed E-state index contributed by atoms with van der Waals surface area (Å²) in [5, 5.41) is 0.959. The maximum absolute atomic E-state index is 13.5. The number of benzene rings is 1. The van der Waals surface area contributed by atoms with Crippen molar-refractivity contribution in [2.75, 3.05) is 6.54 Å². The summed E-state index contributed by atoms with van der Waals surface area (Å²) < 4.78 is 46.0. The minimum Gasteiger partial charge on any atom is -0.491 e. The fourth-order valence-electron chi connectivity index (χ4n) is 2.52. The molecule has 0 radical (unpaired) electrons. The van der Waals surface area contributed by atoms with Gasteiger partial charge in [-0.05, 0) is 45.4 Å². The maximum atomic E-state index is 13.5. The summed E-state index contributed by atoms with van der Waals surface area (Å²) >= 11 is 0. The number of carbonyl (C=O) groups is 1. The molecule has 1 unspecified atom stereocenters. The largest absolute Gasteiger partial charge is 0.491 e. The third kappa shape index (κ3) is 3.96. The molecular weight excluding hydrogens is 309 g/mol. The molecule has 0 spiro atoms.